The first-order valence-electron chi connectivity index (χ1n) is 9.05. The van der Waals surface area contributed by atoms with E-state index in [0.29, 0.717) is 44.4 Å². The number of rotatable bonds is 6. The third-order valence-corrected chi connectivity index (χ3v) is 5.11. The van der Waals surface area contributed by atoms with Gasteiger partial charge in [-0.05, 0) is 24.1 Å². The lowest BCUT2D eigenvalue weighted by Gasteiger charge is -2.34. The quantitative estimate of drug-likeness (QED) is 0.791. The van der Waals surface area contributed by atoms with Crippen molar-refractivity contribution in [1.29, 1.82) is 0 Å². The molecular weight excluding hydrogens is 334 g/mol. The van der Waals surface area contributed by atoms with Gasteiger partial charge in [-0.25, -0.2) is 4.79 Å². The van der Waals surface area contributed by atoms with Crippen LogP contribution in [0, 0.1) is 0 Å². The van der Waals surface area contributed by atoms with Gasteiger partial charge in [0.2, 0.25) is 5.91 Å². The second-order valence-electron chi connectivity index (χ2n) is 6.59. The Labute approximate surface area is 155 Å². The lowest BCUT2D eigenvalue weighted by Crippen LogP contribution is -2.53. The molecule has 0 atom stereocenters. The molecule has 1 saturated heterocycles. The molecule has 25 heavy (non-hydrogen) atoms. The average Bonchev–Trinajstić information content (AvgIpc) is 2.61. The molecule has 138 valence electrons. The Kier molecular flexibility index (Phi) is 7.62. The first-order chi connectivity index (χ1) is 12.0. The summed E-state index contributed by atoms with van der Waals surface area (Å²) in [5, 5.41) is 3.44. The fourth-order valence-corrected chi connectivity index (χ4v) is 3.58. The first-order valence-corrected chi connectivity index (χ1v) is 9.93. The molecule has 1 aliphatic heterocycles. The molecule has 0 radical (unpaired) electrons. The fourth-order valence-electron chi connectivity index (χ4n) is 2.75. The van der Waals surface area contributed by atoms with E-state index < -0.39 is 0 Å². The Morgan fingerprint density at radius 3 is 2.24 bits per heavy atom. The molecular formula is C19H29N3O2S. The standard InChI is InChI=1S/C19H29N3O2S/c1-4-9-20-19(24)22-12-10-21(11-13-22)18(23)14-16-5-7-17(8-6-16)25-15(2)3/h5-8,15H,4,9-14H2,1-3H3,(H,20,24). The van der Waals surface area contributed by atoms with E-state index in [1.54, 1.807) is 4.90 Å². The highest BCUT2D eigenvalue weighted by Crippen LogP contribution is 2.23. The highest BCUT2D eigenvalue weighted by atomic mass is 32.2. The summed E-state index contributed by atoms with van der Waals surface area (Å²) in [6.45, 7) is 9.50. The van der Waals surface area contributed by atoms with Crippen LogP contribution in [0.15, 0.2) is 29.2 Å². The molecule has 1 N–H and O–H groups in total. The molecule has 3 amide bonds. The molecule has 6 heteroatoms. The number of piperazine rings is 1. The Morgan fingerprint density at radius 2 is 1.68 bits per heavy atom. The van der Waals surface area contributed by atoms with Gasteiger partial charge in [0.15, 0.2) is 0 Å². The maximum atomic E-state index is 12.5. The van der Waals surface area contributed by atoms with Crippen molar-refractivity contribution in [1.82, 2.24) is 15.1 Å². The molecule has 1 aromatic carbocycles. The van der Waals surface area contributed by atoms with Crippen LogP contribution in [-0.2, 0) is 11.2 Å². The van der Waals surface area contributed by atoms with Crippen LogP contribution in [-0.4, -0.2) is 59.7 Å². The normalized spacial score (nSPS) is 14.7. The minimum atomic E-state index is -0.0211. The molecule has 0 spiro atoms. The van der Waals surface area contributed by atoms with Crippen LogP contribution in [0.2, 0.25) is 0 Å². The van der Waals surface area contributed by atoms with Gasteiger partial charge in [-0.2, -0.15) is 0 Å². The summed E-state index contributed by atoms with van der Waals surface area (Å²) < 4.78 is 0. The number of carbonyl (C=O) groups is 2. The van der Waals surface area contributed by atoms with Crippen molar-refractivity contribution in [3.8, 4) is 0 Å². The van der Waals surface area contributed by atoms with Crippen LogP contribution in [0.5, 0.6) is 0 Å². The SMILES string of the molecule is CCCNC(=O)N1CCN(C(=O)Cc2ccc(SC(C)C)cc2)CC1. The van der Waals surface area contributed by atoms with Crippen molar-refractivity contribution >= 4 is 23.7 Å². The van der Waals surface area contributed by atoms with E-state index in [4.69, 9.17) is 0 Å². The van der Waals surface area contributed by atoms with Crippen LogP contribution in [0.25, 0.3) is 0 Å². The molecule has 1 fully saturated rings. The third-order valence-electron chi connectivity index (χ3n) is 4.10. The molecule has 1 heterocycles. The number of amides is 3. The molecule has 0 aromatic heterocycles. The minimum absolute atomic E-state index is 0.0211. The van der Waals surface area contributed by atoms with E-state index in [9.17, 15) is 9.59 Å². The van der Waals surface area contributed by atoms with Crippen LogP contribution in [0.4, 0.5) is 4.79 Å². The number of urea groups is 1. The van der Waals surface area contributed by atoms with Gasteiger partial charge in [0, 0.05) is 42.9 Å². The topological polar surface area (TPSA) is 52.7 Å². The van der Waals surface area contributed by atoms with Crippen molar-refractivity contribution in [2.45, 2.75) is 43.8 Å². The van der Waals surface area contributed by atoms with Gasteiger partial charge in [-0.1, -0.05) is 32.9 Å². The zero-order valence-electron chi connectivity index (χ0n) is 15.5. The highest BCUT2D eigenvalue weighted by molar-refractivity contribution is 7.99. The van der Waals surface area contributed by atoms with Gasteiger partial charge in [-0.15, -0.1) is 11.8 Å². The van der Waals surface area contributed by atoms with E-state index in [-0.39, 0.29) is 11.9 Å². The van der Waals surface area contributed by atoms with Gasteiger partial charge in [-0.3, -0.25) is 4.79 Å². The Morgan fingerprint density at radius 1 is 1.08 bits per heavy atom. The largest absolute Gasteiger partial charge is 0.339 e. The monoisotopic (exact) mass is 363 g/mol. The molecule has 0 unspecified atom stereocenters. The summed E-state index contributed by atoms with van der Waals surface area (Å²) in [5.74, 6) is 0.137. The van der Waals surface area contributed by atoms with E-state index >= 15 is 0 Å². The molecule has 0 saturated carbocycles. The molecule has 1 aliphatic rings. The predicted molar refractivity (Wildman–Crippen MR) is 103 cm³/mol. The number of nitrogens with one attached hydrogen (secondary N) is 1. The van der Waals surface area contributed by atoms with Crippen LogP contribution >= 0.6 is 11.8 Å². The molecule has 1 aromatic rings. The van der Waals surface area contributed by atoms with Crippen molar-refractivity contribution in [2.24, 2.45) is 0 Å². The van der Waals surface area contributed by atoms with Gasteiger partial charge in [0.1, 0.15) is 0 Å². The zero-order valence-corrected chi connectivity index (χ0v) is 16.3. The Hall–Kier alpha value is -1.69. The second kappa shape index (κ2) is 9.70. The number of thioether (sulfide) groups is 1. The Bertz CT molecular complexity index is 567. The van der Waals surface area contributed by atoms with Crippen molar-refractivity contribution < 1.29 is 9.59 Å². The average molecular weight is 364 g/mol. The number of benzene rings is 1. The van der Waals surface area contributed by atoms with Crippen LogP contribution in [0.3, 0.4) is 0 Å². The lowest BCUT2D eigenvalue weighted by atomic mass is 10.1. The van der Waals surface area contributed by atoms with Gasteiger partial charge in [0.05, 0.1) is 6.42 Å². The summed E-state index contributed by atoms with van der Waals surface area (Å²) in [5.41, 5.74) is 1.04. The highest BCUT2D eigenvalue weighted by Gasteiger charge is 2.23. The first kappa shape index (κ1) is 19.6. The smallest absolute Gasteiger partial charge is 0.317 e. The summed E-state index contributed by atoms with van der Waals surface area (Å²) >= 11 is 1.82. The minimum Gasteiger partial charge on any atom is -0.339 e. The molecule has 5 nitrogen and oxygen atoms in total. The summed E-state index contributed by atoms with van der Waals surface area (Å²) in [6, 6.07) is 8.23. The predicted octanol–water partition coefficient (Wildman–Crippen LogP) is 2.99. The summed E-state index contributed by atoms with van der Waals surface area (Å²) in [6.07, 6.45) is 1.35. The van der Waals surface area contributed by atoms with E-state index in [2.05, 4.69) is 31.3 Å². The van der Waals surface area contributed by atoms with Crippen LogP contribution in [0.1, 0.15) is 32.8 Å². The van der Waals surface area contributed by atoms with Gasteiger partial charge in [0.25, 0.3) is 0 Å². The third kappa shape index (κ3) is 6.27. The Balaban J connectivity index is 1.79. The molecule has 2 rings (SSSR count). The van der Waals surface area contributed by atoms with Gasteiger partial charge < -0.3 is 15.1 Å². The maximum Gasteiger partial charge on any atom is 0.317 e. The van der Waals surface area contributed by atoms with Crippen LogP contribution < -0.4 is 5.32 Å². The van der Waals surface area contributed by atoms with E-state index in [0.717, 1.165) is 12.0 Å². The fraction of sp³-hybridized carbons (Fsp3) is 0.579. The summed E-state index contributed by atoms with van der Waals surface area (Å²) in [7, 11) is 0. The molecule has 0 aliphatic carbocycles. The summed E-state index contributed by atoms with van der Waals surface area (Å²) in [4.78, 5) is 29.3. The number of hydrogen-bond acceptors (Lipinski definition) is 3. The second-order valence-corrected chi connectivity index (χ2v) is 8.24. The van der Waals surface area contributed by atoms with Crippen molar-refractivity contribution in [3.05, 3.63) is 29.8 Å². The lowest BCUT2D eigenvalue weighted by molar-refractivity contribution is -0.131. The molecule has 0 bridgehead atoms. The number of carbonyl (C=O) groups excluding carboxylic acids is 2. The van der Waals surface area contributed by atoms with Crippen molar-refractivity contribution in [2.75, 3.05) is 32.7 Å². The zero-order chi connectivity index (χ0) is 18.2. The number of hydrogen-bond donors (Lipinski definition) is 1. The van der Waals surface area contributed by atoms with Crippen molar-refractivity contribution in [3.63, 3.8) is 0 Å². The number of nitrogens with zero attached hydrogens (tertiary/aromatic N) is 2. The maximum absolute atomic E-state index is 12.5. The van der Waals surface area contributed by atoms with Gasteiger partial charge >= 0.3 is 6.03 Å². The van der Waals surface area contributed by atoms with E-state index in [1.165, 1.54) is 4.90 Å². The van der Waals surface area contributed by atoms with E-state index in [1.807, 2.05) is 35.7 Å².